The molecule has 1 amide bonds. The molecule has 0 atom stereocenters. The van der Waals surface area contributed by atoms with Crippen molar-refractivity contribution in [1.29, 1.82) is 5.26 Å². The lowest BCUT2D eigenvalue weighted by Gasteiger charge is -2.18. The molecule has 0 fully saturated rings. The van der Waals surface area contributed by atoms with Crippen LogP contribution >= 0.6 is 11.6 Å². The topological polar surface area (TPSA) is 91.2 Å². The van der Waals surface area contributed by atoms with Crippen LogP contribution in [0.4, 0.5) is 11.4 Å². The highest BCUT2D eigenvalue weighted by atomic mass is 35.5. The first kappa shape index (κ1) is 20.4. The zero-order valence-electron chi connectivity index (χ0n) is 16.1. The first-order valence-corrected chi connectivity index (χ1v) is 9.49. The highest BCUT2D eigenvalue weighted by molar-refractivity contribution is 6.33. The van der Waals surface area contributed by atoms with Gasteiger partial charge in [0.2, 0.25) is 0 Å². The molecule has 3 rings (SSSR count). The number of allylic oxidation sites excluding steroid dienone is 2. The fourth-order valence-electron chi connectivity index (χ4n) is 3.12. The van der Waals surface area contributed by atoms with Crippen LogP contribution in [0.15, 0.2) is 47.7 Å². The van der Waals surface area contributed by atoms with Gasteiger partial charge in [0.25, 0.3) is 5.91 Å². The number of methoxy groups -OCH3 is 1. The minimum Gasteiger partial charge on any atom is -0.497 e. The van der Waals surface area contributed by atoms with Gasteiger partial charge >= 0.3 is 0 Å². The molecule has 7 heteroatoms. The summed E-state index contributed by atoms with van der Waals surface area (Å²) < 4.78 is 5.18. The number of benzene rings is 2. The van der Waals surface area contributed by atoms with Gasteiger partial charge in [-0.1, -0.05) is 11.6 Å². The van der Waals surface area contributed by atoms with Gasteiger partial charge in [0, 0.05) is 23.4 Å². The van der Waals surface area contributed by atoms with Crippen LogP contribution in [0.5, 0.6) is 5.75 Å². The number of aryl methyl sites for hydroxylation is 1. The van der Waals surface area contributed by atoms with Crippen molar-refractivity contribution in [1.82, 2.24) is 0 Å². The van der Waals surface area contributed by atoms with Gasteiger partial charge in [-0.3, -0.25) is 9.59 Å². The maximum atomic E-state index is 12.7. The van der Waals surface area contributed by atoms with Crippen molar-refractivity contribution in [2.45, 2.75) is 26.2 Å². The number of hydrogen-bond donors (Lipinski definition) is 2. The number of anilines is 2. The minimum absolute atomic E-state index is 0.121. The number of ketones is 1. The summed E-state index contributed by atoms with van der Waals surface area (Å²) in [5.74, 6) is 0.232. The number of nitrogens with zero attached hydrogens (tertiary/aromatic N) is 1. The Morgan fingerprint density at radius 2 is 1.97 bits per heavy atom. The van der Waals surface area contributed by atoms with Crippen molar-refractivity contribution in [3.63, 3.8) is 0 Å². The lowest BCUT2D eigenvalue weighted by molar-refractivity contribution is -0.115. The number of hydrogen-bond acceptors (Lipinski definition) is 5. The number of carbonyl (C=O) groups is 2. The van der Waals surface area contributed by atoms with Gasteiger partial charge in [-0.25, -0.2) is 0 Å². The number of ether oxygens (including phenoxy) is 1. The fraction of sp³-hybridized carbons (Fsp3) is 0.227. The van der Waals surface area contributed by atoms with Crippen LogP contribution in [0.25, 0.3) is 0 Å². The van der Waals surface area contributed by atoms with E-state index in [-0.39, 0.29) is 17.3 Å². The molecule has 148 valence electrons. The first-order valence-electron chi connectivity index (χ1n) is 9.12. The number of halogens is 1. The highest BCUT2D eigenvalue weighted by Crippen LogP contribution is 2.29. The summed E-state index contributed by atoms with van der Waals surface area (Å²) >= 11 is 6.27. The quantitative estimate of drug-likeness (QED) is 0.736. The Morgan fingerprint density at radius 1 is 1.17 bits per heavy atom. The number of rotatable bonds is 5. The molecule has 0 spiro atoms. The molecule has 0 saturated heterocycles. The van der Waals surface area contributed by atoms with Gasteiger partial charge in [-0.2, -0.15) is 5.26 Å². The van der Waals surface area contributed by atoms with Crippen molar-refractivity contribution in [2.75, 3.05) is 17.7 Å². The van der Waals surface area contributed by atoms with Crippen LogP contribution in [0.3, 0.4) is 0 Å². The second kappa shape index (κ2) is 8.80. The first-order chi connectivity index (χ1) is 13.9. The molecular formula is C22H20ClN3O3. The standard InChI is InChI=1S/C22H20ClN3O3/c1-13-10-15(29-2)7-9-18(13)26-22(28)14-6-8-17(23)20(11-14)25-19-4-3-5-21(27)16(19)12-24/h6-11,25H,3-5H2,1-2H3,(H,26,28). The van der Waals surface area contributed by atoms with Gasteiger partial charge in [0.1, 0.15) is 17.4 Å². The summed E-state index contributed by atoms with van der Waals surface area (Å²) in [5.41, 5.74) is 3.07. The van der Waals surface area contributed by atoms with Crippen LogP contribution in [0.1, 0.15) is 35.2 Å². The van der Waals surface area contributed by atoms with E-state index >= 15 is 0 Å². The highest BCUT2D eigenvalue weighted by Gasteiger charge is 2.21. The summed E-state index contributed by atoms with van der Waals surface area (Å²) in [6.07, 6.45) is 1.61. The third-order valence-electron chi connectivity index (χ3n) is 4.72. The number of nitrogens with one attached hydrogen (secondary N) is 2. The molecule has 1 aliphatic rings. The second-order valence-corrected chi connectivity index (χ2v) is 7.10. The Labute approximate surface area is 174 Å². The molecule has 2 aromatic rings. The van der Waals surface area contributed by atoms with E-state index in [1.807, 2.05) is 19.1 Å². The summed E-state index contributed by atoms with van der Waals surface area (Å²) in [6, 6.07) is 12.2. The van der Waals surface area contributed by atoms with Crippen LogP contribution in [0.2, 0.25) is 5.02 Å². The molecular weight excluding hydrogens is 390 g/mol. The summed E-state index contributed by atoms with van der Waals surface area (Å²) in [7, 11) is 1.59. The number of Topliss-reactive ketones (excluding diaryl/α,β-unsaturated/α-hetero) is 1. The normalized spacial score (nSPS) is 13.7. The minimum atomic E-state index is -0.299. The predicted octanol–water partition coefficient (Wildman–Crippen LogP) is 4.85. The molecule has 29 heavy (non-hydrogen) atoms. The molecule has 6 nitrogen and oxygen atoms in total. The van der Waals surface area contributed by atoms with Crippen LogP contribution < -0.4 is 15.4 Å². The SMILES string of the molecule is COc1ccc(NC(=O)c2ccc(Cl)c(NC3=C(C#N)C(=O)CCC3)c2)c(C)c1. The van der Waals surface area contributed by atoms with Crippen molar-refractivity contribution >= 4 is 34.7 Å². The molecule has 2 N–H and O–H groups in total. The monoisotopic (exact) mass is 409 g/mol. The van der Waals surface area contributed by atoms with Gasteiger partial charge in [-0.15, -0.1) is 0 Å². The average molecular weight is 410 g/mol. The molecule has 0 radical (unpaired) electrons. The molecule has 0 heterocycles. The molecule has 0 aliphatic heterocycles. The summed E-state index contributed by atoms with van der Waals surface area (Å²) in [4.78, 5) is 24.7. The average Bonchev–Trinajstić information content (AvgIpc) is 2.71. The third-order valence-corrected chi connectivity index (χ3v) is 5.05. The molecule has 1 aliphatic carbocycles. The number of amides is 1. The second-order valence-electron chi connectivity index (χ2n) is 6.70. The molecule has 0 unspecified atom stereocenters. The molecule has 0 saturated carbocycles. The maximum Gasteiger partial charge on any atom is 0.255 e. The number of carbonyl (C=O) groups excluding carboxylic acids is 2. The van der Waals surface area contributed by atoms with Gasteiger partial charge in [0.15, 0.2) is 5.78 Å². The molecule has 2 aromatic carbocycles. The van der Waals surface area contributed by atoms with E-state index in [1.165, 1.54) is 0 Å². The van der Waals surface area contributed by atoms with Crippen molar-refractivity contribution < 1.29 is 14.3 Å². The van der Waals surface area contributed by atoms with Gasteiger partial charge < -0.3 is 15.4 Å². The van der Waals surface area contributed by atoms with Gasteiger partial charge in [-0.05, 0) is 61.7 Å². The van der Waals surface area contributed by atoms with E-state index in [1.54, 1.807) is 37.4 Å². The Bertz CT molecular complexity index is 1050. The van der Waals surface area contributed by atoms with Crippen LogP contribution in [-0.2, 0) is 4.79 Å². The fourth-order valence-corrected chi connectivity index (χ4v) is 3.29. The van der Waals surface area contributed by atoms with Gasteiger partial charge in [0.05, 0.1) is 17.8 Å². The van der Waals surface area contributed by atoms with Crippen molar-refractivity contribution in [2.24, 2.45) is 0 Å². The van der Waals surface area contributed by atoms with E-state index < -0.39 is 0 Å². The maximum absolute atomic E-state index is 12.7. The summed E-state index contributed by atoms with van der Waals surface area (Å²) in [6.45, 7) is 1.88. The Kier molecular flexibility index (Phi) is 6.20. The zero-order valence-corrected chi connectivity index (χ0v) is 16.9. The Hall–Kier alpha value is -3.30. The van der Waals surface area contributed by atoms with Crippen LogP contribution in [0, 0.1) is 18.3 Å². The van der Waals surface area contributed by atoms with Crippen molar-refractivity contribution in [3.05, 3.63) is 63.8 Å². The lowest BCUT2D eigenvalue weighted by atomic mass is 9.95. The Balaban J connectivity index is 1.84. The molecule has 0 bridgehead atoms. The lowest BCUT2D eigenvalue weighted by Crippen LogP contribution is -2.16. The van der Waals surface area contributed by atoms with E-state index in [0.717, 1.165) is 5.56 Å². The Morgan fingerprint density at radius 3 is 2.66 bits per heavy atom. The zero-order chi connectivity index (χ0) is 21.0. The third kappa shape index (κ3) is 4.58. The number of nitriles is 1. The predicted molar refractivity (Wildman–Crippen MR) is 112 cm³/mol. The smallest absolute Gasteiger partial charge is 0.255 e. The van der Waals surface area contributed by atoms with Crippen LogP contribution in [-0.4, -0.2) is 18.8 Å². The largest absolute Gasteiger partial charge is 0.497 e. The van der Waals surface area contributed by atoms with E-state index in [0.29, 0.717) is 52.7 Å². The van der Waals surface area contributed by atoms with E-state index in [2.05, 4.69) is 10.6 Å². The van der Waals surface area contributed by atoms with E-state index in [9.17, 15) is 14.9 Å². The van der Waals surface area contributed by atoms with Crippen molar-refractivity contribution in [3.8, 4) is 11.8 Å². The van der Waals surface area contributed by atoms with E-state index in [4.69, 9.17) is 16.3 Å². The summed E-state index contributed by atoms with van der Waals surface area (Å²) in [5, 5.41) is 15.6. The molecule has 0 aromatic heterocycles.